The van der Waals surface area contributed by atoms with Crippen LogP contribution in [0.1, 0.15) is 37.1 Å². The predicted octanol–water partition coefficient (Wildman–Crippen LogP) is 3.30. The van der Waals surface area contributed by atoms with E-state index < -0.39 is 0 Å². The first-order valence-electron chi connectivity index (χ1n) is 8.93. The number of rotatable bonds is 3. The number of thioether (sulfide) groups is 1. The van der Waals surface area contributed by atoms with E-state index in [1.165, 1.54) is 28.7 Å². The van der Waals surface area contributed by atoms with Gasteiger partial charge in [0.15, 0.2) is 0 Å². The largest absolute Gasteiger partial charge is 0.372 e. The van der Waals surface area contributed by atoms with Crippen LogP contribution < -0.4 is 0 Å². The molecule has 0 unspecified atom stereocenters. The molecule has 1 fully saturated rings. The van der Waals surface area contributed by atoms with E-state index in [1.807, 2.05) is 18.7 Å². The summed E-state index contributed by atoms with van der Waals surface area (Å²) in [5.74, 6) is 0.596. The number of carbonyl (C=O) groups is 1. The van der Waals surface area contributed by atoms with Crippen molar-refractivity contribution in [3.63, 3.8) is 0 Å². The number of hydrogen-bond acceptors (Lipinski definition) is 6. The van der Waals surface area contributed by atoms with Crippen LogP contribution in [0.4, 0.5) is 0 Å². The van der Waals surface area contributed by atoms with Gasteiger partial charge in [-0.15, -0.1) is 11.3 Å². The Morgan fingerprint density at radius 3 is 2.84 bits per heavy atom. The highest BCUT2D eigenvalue weighted by Gasteiger charge is 2.26. The smallest absolute Gasteiger partial charge is 0.233 e. The maximum absolute atomic E-state index is 12.6. The molecular weight excluding hydrogens is 354 g/mol. The number of ether oxygens (including phenoxy) is 1. The van der Waals surface area contributed by atoms with Crippen LogP contribution in [0.25, 0.3) is 10.2 Å². The average molecular weight is 378 g/mol. The second-order valence-corrected chi connectivity index (χ2v) is 8.96. The molecule has 1 amide bonds. The van der Waals surface area contributed by atoms with Crippen LogP contribution in [-0.4, -0.2) is 51.8 Å². The molecular formula is C18H23N3O2S2. The van der Waals surface area contributed by atoms with Crippen molar-refractivity contribution in [2.24, 2.45) is 0 Å². The molecule has 3 heterocycles. The highest BCUT2D eigenvalue weighted by molar-refractivity contribution is 8.00. The van der Waals surface area contributed by atoms with E-state index in [1.54, 1.807) is 29.4 Å². The van der Waals surface area contributed by atoms with Crippen LogP contribution in [0, 0.1) is 0 Å². The molecule has 0 aromatic carbocycles. The summed E-state index contributed by atoms with van der Waals surface area (Å²) in [7, 11) is 0. The van der Waals surface area contributed by atoms with Crippen molar-refractivity contribution in [3.05, 3.63) is 16.8 Å². The van der Waals surface area contributed by atoms with E-state index in [0.29, 0.717) is 18.8 Å². The van der Waals surface area contributed by atoms with Gasteiger partial charge in [-0.2, -0.15) is 0 Å². The summed E-state index contributed by atoms with van der Waals surface area (Å²) in [5, 5.41) is 2.16. The number of amides is 1. The third kappa shape index (κ3) is 3.55. The van der Waals surface area contributed by atoms with Crippen molar-refractivity contribution >= 4 is 39.2 Å². The zero-order valence-corrected chi connectivity index (χ0v) is 16.3. The predicted molar refractivity (Wildman–Crippen MR) is 101 cm³/mol. The molecule has 0 spiro atoms. The number of hydrogen-bond donors (Lipinski definition) is 0. The highest BCUT2D eigenvalue weighted by atomic mass is 32.2. The summed E-state index contributed by atoms with van der Waals surface area (Å²) in [6, 6.07) is 0. The molecule has 1 aliphatic heterocycles. The lowest BCUT2D eigenvalue weighted by atomic mass is 9.97. The molecule has 25 heavy (non-hydrogen) atoms. The zero-order valence-electron chi connectivity index (χ0n) is 14.7. The number of aryl methyl sites for hydroxylation is 2. The first-order chi connectivity index (χ1) is 12.1. The van der Waals surface area contributed by atoms with Crippen molar-refractivity contribution in [2.75, 3.05) is 18.8 Å². The van der Waals surface area contributed by atoms with Gasteiger partial charge in [0.2, 0.25) is 5.91 Å². The van der Waals surface area contributed by atoms with E-state index >= 15 is 0 Å². The van der Waals surface area contributed by atoms with Crippen molar-refractivity contribution in [3.8, 4) is 0 Å². The van der Waals surface area contributed by atoms with Crippen LogP contribution in [0.2, 0.25) is 0 Å². The van der Waals surface area contributed by atoms with Crippen LogP contribution in [0.3, 0.4) is 0 Å². The minimum absolute atomic E-state index is 0.104. The molecule has 0 saturated carbocycles. The van der Waals surface area contributed by atoms with Gasteiger partial charge in [0.25, 0.3) is 0 Å². The molecule has 7 heteroatoms. The minimum Gasteiger partial charge on any atom is -0.372 e. The molecule has 134 valence electrons. The summed E-state index contributed by atoms with van der Waals surface area (Å²) in [6.07, 6.45) is 6.61. The minimum atomic E-state index is 0.104. The Balaban J connectivity index is 1.51. The Kier molecular flexibility index (Phi) is 4.97. The second kappa shape index (κ2) is 7.21. The molecule has 2 atom stereocenters. The number of aromatic nitrogens is 2. The summed E-state index contributed by atoms with van der Waals surface area (Å²) >= 11 is 3.36. The molecule has 1 aliphatic carbocycles. The molecule has 0 bridgehead atoms. The first-order valence-corrected chi connectivity index (χ1v) is 10.7. The molecule has 2 aromatic rings. The number of morpholine rings is 1. The Bertz CT molecular complexity index is 782. The lowest BCUT2D eigenvalue weighted by molar-refractivity contribution is -0.140. The van der Waals surface area contributed by atoms with Crippen molar-refractivity contribution < 1.29 is 9.53 Å². The third-order valence-electron chi connectivity index (χ3n) is 4.82. The first kappa shape index (κ1) is 17.2. The lowest BCUT2D eigenvalue weighted by Gasteiger charge is -2.35. The summed E-state index contributed by atoms with van der Waals surface area (Å²) in [5.41, 5.74) is 1.43. The summed E-state index contributed by atoms with van der Waals surface area (Å²) < 4.78 is 5.72. The zero-order chi connectivity index (χ0) is 17.4. The molecule has 2 aliphatic rings. The van der Waals surface area contributed by atoms with Crippen LogP contribution >= 0.6 is 23.1 Å². The van der Waals surface area contributed by atoms with Gasteiger partial charge in [-0.25, -0.2) is 9.97 Å². The van der Waals surface area contributed by atoms with Gasteiger partial charge in [0, 0.05) is 23.4 Å². The average Bonchev–Trinajstić information content (AvgIpc) is 2.98. The molecule has 0 N–H and O–H groups in total. The normalized spacial score (nSPS) is 23.7. The molecule has 2 aromatic heterocycles. The fraction of sp³-hybridized carbons (Fsp3) is 0.611. The fourth-order valence-electron chi connectivity index (χ4n) is 3.77. The van der Waals surface area contributed by atoms with Crippen molar-refractivity contribution in [1.29, 1.82) is 0 Å². The Hall–Kier alpha value is -1.18. The quantitative estimate of drug-likeness (QED) is 0.607. The maximum atomic E-state index is 12.6. The van der Waals surface area contributed by atoms with Crippen molar-refractivity contribution in [2.45, 2.75) is 56.8 Å². The van der Waals surface area contributed by atoms with E-state index in [4.69, 9.17) is 4.74 Å². The van der Waals surface area contributed by atoms with E-state index in [9.17, 15) is 4.79 Å². The van der Waals surface area contributed by atoms with E-state index in [-0.39, 0.29) is 18.1 Å². The molecule has 1 saturated heterocycles. The molecule has 0 radical (unpaired) electrons. The number of thiophene rings is 1. The number of carbonyl (C=O) groups excluding carboxylic acids is 1. The van der Waals surface area contributed by atoms with Gasteiger partial charge in [-0.3, -0.25) is 4.79 Å². The summed E-state index contributed by atoms with van der Waals surface area (Å²) in [4.78, 5) is 26.1. The van der Waals surface area contributed by atoms with Crippen LogP contribution in [-0.2, 0) is 22.4 Å². The van der Waals surface area contributed by atoms with Gasteiger partial charge in [0.05, 0.1) is 18.0 Å². The van der Waals surface area contributed by atoms with Crippen LogP contribution in [0.15, 0.2) is 11.4 Å². The highest BCUT2D eigenvalue weighted by Crippen LogP contribution is 2.39. The molecule has 4 rings (SSSR count). The maximum Gasteiger partial charge on any atom is 0.233 e. The van der Waals surface area contributed by atoms with Gasteiger partial charge >= 0.3 is 0 Å². The standard InChI is InChI=1S/C18H23N3O2S2/c1-11-7-21(8-12(2)23-11)15(22)9-24-17-16-13-5-3-4-6-14(13)25-18(16)20-10-19-17/h10-12H,3-9H2,1-2H3/t11-,12-/m1/s1. The Morgan fingerprint density at radius 2 is 2.04 bits per heavy atom. The third-order valence-corrected chi connectivity index (χ3v) is 7.00. The SMILES string of the molecule is C[C@@H]1CN(C(=O)CSc2ncnc3sc4c(c23)CCCC4)C[C@@H](C)O1. The van der Waals surface area contributed by atoms with Crippen LogP contribution in [0.5, 0.6) is 0 Å². The monoisotopic (exact) mass is 377 g/mol. The lowest BCUT2D eigenvalue weighted by Crippen LogP contribution is -2.48. The van der Waals surface area contributed by atoms with Crippen molar-refractivity contribution in [1.82, 2.24) is 14.9 Å². The van der Waals surface area contributed by atoms with Gasteiger partial charge in [0.1, 0.15) is 16.2 Å². The van der Waals surface area contributed by atoms with Gasteiger partial charge in [-0.1, -0.05) is 11.8 Å². The Labute approximate surface area is 156 Å². The summed E-state index contributed by atoms with van der Waals surface area (Å²) in [6.45, 7) is 5.40. The van der Waals surface area contributed by atoms with Gasteiger partial charge in [-0.05, 0) is 45.1 Å². The second-order valence-electron chi connectivity index (χ2n) is 6.91. The number of fused-ring (bicyclic) bond motifs is 3. The van der Waals surface area contributed by atoms with E-state index in [0.717, 1.165) is 22.7 Å². The number of nitrogens with zero attached hydrogens (tertiary/aromatic N) is 3. The van der Waals surface area contributed by atoms with Gasteiger partial charge < -0.3 is 9.64 Å². The Morgan fingerprint density at radius 1 is 1.28 bits per heavy atom. The molecule has 5 nitrogen and oxygen atoms in total. The topological polar surface area (TPSA) is 55.3 Å². The fourth-order valence-corrected chi connectivity index (χ4v) is 6.00. The van der Waals surface area contributed by atoms with E-state index in [2.05, 4.69) is 9.97 Å².